The maximum absolute atomic E-state index is 13.1. The lowest BCUT2D eigenvalue weighted by atomic mass is 10.2. The van der Waals surface area contributed by atoms with Gasteiger partial charge >= 0.3 is 5.97 Å². The van der Waals surface area contributed by atoms with Gasteiger partial charge in [0.1, 0.15) is 16.4 Å². The second-order valence-electron chi connectivity index (χ2n) is 6.88. The van der Waals surface area contributed by atoms with E-state index in [1.165, 1.54) is 47.8 Å². The molecule has 1 fully saturated rings. The van der Waals surface area contributed by atoms with Gasteiger partial charge in [0.05, 0.1) is 18.1 Å². The third-order valence-electron chi connectivity index (χ3n) is 4.78. The van der Waals surface area contributed by atoms with Crippen molar-refractivity contribution in [2.75, 3.05) is 20.2 Å². The first-order valence-electron chi connectivity index (χ1n) is 9.64. The molecule has 0 spiro atoms. The van der Waals surface area contributed by atoms with Crippen molar-refractivity contribution >= 4 is 27.8 Å². The summed E-state index contributed by atoms with van der Waals surface area (Å²) >= 11 is 0. The second kappa shape index (κ2) is 9.71. The largest absolute Gasteiger partial charge is 0.495 e. The van der Waals surface area contributed by atoms with Crippen molar-refractivity contribution in [2.24, 2.45) is 0 Å². The van der Waals surface area contributed by atoms with E-state index >= 15 is 0 Å². The molecule has 1 aliphatic heterocycles. The van der Waals surface area contributed by atoms with Gasteiger partial charge in [-0.05, 0) is 42.7 Å². The van der Waals surface area contributed by atoms with Crippen LogP contribution >= 0.6 is 0 Å². The monoisotopic (exact) mass is 446 g/mol. The highest BCUT2D eigenvalue weighted by Crippen LogP contribution is 2.30. The van der Waals surface area contributed by atoms with Gasteiger partial charge in [0.2, 0.25) is 10.0 Å². The molecular weight excluding hydrogens is 424 g/mol. The van der Waals surface area contributed by atoms with Crippen molar-refractivity contribution in [3.8, 4) is 11.5 Å². The topological polar surface area (TPSA) is 116 Å². The van der Waals surface area contributed by atoms with Crippen LogP contribution < -0.4 is 9.47 Å². The summed E-state index contributed by atoms with van der Waals surface area (Å²) in [6, 6.07) is 9.85. The number of ether oxygens (including phenoxy) is 2. The van der Waals surface area contributed by atoms with Crippen LogP contribution in [-0.2, 0) is 14.8 Å². The first-order valence-corrected chi connectivity index (χ1v) is 11.1. The fraction of sp³-hybridized carbons (Fsp3) is 0.286. The average Bonchev–Trinajstić information content (AvgIpc) is 2.78. The van der Waals surface area contributed by atoms with E-state index in [0.29, 0.717) is 18.7 Å². The maximum atomic E-state index is 13.1. The molecule has 2 aromatic carbocycles. The van der Waals surface area contributed by atoms with Gasteiger partial charge in [-0.25, -0.2) is 13.2 Å². The Bertz CT molecular complexity index is 1110. The number of hydrogen-bond acceptors (Lipinski definition) is 7. The molecule has 3 rings (SSSR count). The van der Waals surface area contributed by atoms with E-state index in [0.717, 1.165) is 31.4 Å². The zero-order valence-corrected chi connectivity index (χ0v) is 17.7. The number of sulfonamides is 1. The number of benzene rings is 2. The van der Waals surface area contributed by atoms with Gasteiger partial charge in [0, 0.05) is 25.2 Å². The van der Waals surface area contributed by atoms with E-state index in [-0.39, 0.29) is 22.1 Å². The highest BCUT2D eigenvalue weighted by Gasteiger charge is 2.29. The number of nitro groups is 1. The lowest BCUT2D eigenvalue weighted by Gasteiger charge is -2.26. The number of nitro benzene ring substituents is 1. The minimum atomic E-state index is -3.73. The Labute approximate surface area is 180 Å². The Morgan fingerprint density at radius 3 is 2.55 bits per heavy atom. The fourth-order valence-electron chi connectivity index (χ4n) is 3.22. The molecular formula is C21H22N2O7S. The van der Waals surface area contributed by atoms with Crippen molar-refractivity contribution in [1.29, 1.82) is 0 Å². The summed E-state index contributed by atoms with van der Waals surface area (Å²) in [6.45, 7) is 0.919. The highest BCUT2D eigenvalue weighted by molar-refractivity contribution is 7.89. The van der Waals surface area contributed by atoms with Crippen LogP contribution in [0.1, 0.15) is 24.8 Å². The molecule has 9 nitrogen and oxygen atoms in total. The molecule has 1 aliphatic rings. The molecule has 0 saturated carbocycles. The zero-order chi connectivity index (χ0) is 22.4. The number of rotatable bonds is 7. The first kappa shape index (κ1) is 22.4. The molecule has 1 heterocycles. The number of hydrogen-bond donors (Lipinski definition) is 0. The normalized spacial score (nSPS) is 15.0. The number of esters is 1. The van der Waals surface area contributed by atoms with Crippen LogP contribution in [0.25, 0.3) is 6.08 Å². The number of carbonyl (C=O) groups excluding carboxylic acids is 1. The molecule has 2 aromatic rings. The van der Waals surface area contributed by atoms with E-state index in [1.54, 1.807) is 6.07 Å². The third kappa shape index (κ3) is 5.47. The summed E-state index contributed by atoms with van der Waals surface area (Å²) in [5.74, 6) is -0.495. The fourth-order valence-corrected chi connectivity index (χ4v) is 4.93. The quantitative estimate of drug-likeness (QED) is 0.210. The Hall–Kier alpha value is -3.24. The molecule has 10 heteroatoms. The highest BCUT2D eigenvalue weighted by atomic mass is 32.2. The Kier molecular flexibility index (Phi) is 7.03. The Balaban J connectivity index is 1.79. The third-order valence-corrected chi connectivity index (χ3v) is 6.70. The van der Waals surface area contributed by atoms with Crippen LogP contribution in [0, 0.1) is 10.1 Å². The van der Waals surface area contributed by atoms with Crippen molar-refractivity contribution in [2.45, 2.75) is 24.2 Å². The maximum Gasteiger partial charge on any atom is 0.336 e. The molecule has 164 valence electrons. The van der Waals surface area contributed by atoms with E-state index < -0.39 is 20.9 Å². The lowest BCUT2D eigenvalue weighted by molar-refractivity contribution is -0.384. The van der Waals surface area contributed by atoms with Crippen LogP contribution in [0.5, 0.6) is 11.5 Å². The van der Waals surface area contributed by atoms with Crippen molar-refractivity contribution in [3.63, 3.8) is 0 Å². The number of carbonyl (C=O) groups is 1. The van der Waals surface area contributed by atoms with Crippen LogP contribution in [0.15, 0.2) is 53.4 Å². The summed E-state index contributed by atoms with van der Waals surface area (Å²) in [5, 5.41) is 10.8. The molecule has 1 saturated heterocycles. The molecule has 0 aromatic heterocycles. The van der Waals surface area contributed by atoms with Gasteiger partial charge in [-0.1, -0.05) is 18.6 Å². The molecule has 0 atom stereocenters. The van der Waals surface area contributed by atoms with Gasteiger partial charge in [-0.3, -0.25) is 10.1 Å². The van der Waals surface area contributed by atoms with Gasteiger partial charge in [0.15, 0.2) is 0 Å². The number of nitrogens with zero attached hydrogens (tertiary/aromatic N) is 2. The molecule has 0 bridgehead atoms. The molecule has 0 amide bonds. The Morgan fingerprint density at radius 2 is 1.87 bits per heavy atom. The predicted molar refractivity (Wildman–Crippen MR) is 113 cm³/mol. The summed E-state index contributed by atoms with van der Waals surface area (Å²) in [6.07, 6.45) is 5.15. The summed E-state index contributed by atoms with van der Waals surface area (Å²) < 4.78 is 37.9. The van der Waals surface area contributed by atoms with Crippen molar-refractivity contribution in [1.82, 2.24) is 4.31 Å². The molecule has 0 radical (unpaired) electrons. The summed E-state index contributed by atoms with van der Waals surface area (Å²) in [4.78, 5) is 22.4. The SMILES string of the molecule is COc1ccc(C=CC(=O)Oc2cccc([N+](=O)[O-])c2)cc1S(=O)(=O)N1CCCCC1. The minimum absolute atomic E-state index is 0.0334. The average molecular weight is 446 g/mol. The van der Waals surface area contributed by atoms with E-state index in [1.807, 2.05) is 0 Å². The second-order valence-corrected chi connectivity index (χ2v) is 8.79. The first-order chi connectivity index (χ1) is 14.8. The standard InChI is InChI=1S/C21H22N2O7S/c1-29-19-10-8-16(14-20(19)31(27,28)22-12-3-2-4-13-22)9-11-21(24)30-18-7-5-6-17(15-18)23(25)26/h5-11,14-15H,2-4,12-13H2,1H3. The van der Waals surface area contributed by atoms with E-state index in [4.69, 9.17) is 9.47 Å². The number of non-ortho nitro benzene ring substituents is 1. The van der Waals surface area contributed by atoms with Gasteiger partial charge in [-0.2, -0.15) is 4.31 Å². The Morgan fingerprint density at radius 1 is 1.13 bits per heavy atom. The van der Waals surface area contributed by atoms with Crippen LogP contribution in [0.3, 0.4) is 0 Å². The number of methoxy groups -OCH3 is 1. The smallest absolute Gasteiger partial charge is 0.336 e. The summed E-state index contributed by atoms with van der Waals surface area (Å²) in [5.41, 5.74) is 0.268. The predicted octanol–water partition coefficient (Wildman–Crippen LogP) is 3.40. The van der Waals surface area contributed by atoms with Crippen molar-refractivity contribution in [3.05, 3.63) is 64.2 Å². The number of piperidine rings is 1. The van der Waals surface area contributed by atoms with E-state index in [2.05, 4.69) is 0 Å². The zero-order valence-electron chi connectivity index (χ0n) is 16.9. The molecule has 0 N–H and O–H groups in total. The lowest BCUT2D eigenvalue weighted by Crippen LogP contribution is -2.35. The summed E-state index contributed by atoms with van der Waals surface area (Å²) in [7, 11) is -2.33. The molecule has 31 heavy (non-hydrogen) atoms. The van der Waals surface area contributed by atoms with Crippen LogP contribution in [-0.4, -0.2) is 43.8 Å². The van der Waals surface area contributed by atoms with Crippen LogP contribution in [0.4, 0.5) is 5.69 Å². The van der Waals surface area contributed by atoms with Crippen LogP contribution in [0.2, 0.25) is 0 Å². The van der Waals surface area contributed by atoms with Gasteiger partial charge in [-0.15, -0.1) is 0 Å². The van der Waals surface area contributed by atoms with Gasteiger partial charge in [0.25, 0.3) is 5.69 Å². The van der Waals surface area contributed by atoms with Crippen molar-refractivity contribution < 1.29 is 27.6 Å². The van der Waals surface area contributed by atoms with E-state index in [9.17, 15) is 23.3 Å². The molecule has 0 unspecified atom stereocenters. The minimum Gasteiger partial charge on any atom is -0.495 e. The molecule has 0 aliphatic carbocycles. The van der Waals surface area contributed by atoms with Gasteiger partial charge < -0.3 is 9.47 Å².